The highest BCUT2D eigenvalue weighted by molar-refractivity contribution is 6.34. The summed E-state index contributed by atoms with van der Waals surface area (Å²) >= 11 is 5.92. The Bertz CT molecular complexity index is 1530. The number of carbonyl (C=O) groups is 1. The predicted molar refractivity (Wildman–Crippen MR) is 115 cm³/mol. The highest BCUT2D eigenvalue weighted by atomic mass is 35.5. The minimum atomic E-state index is -2.96. The van der Waals surface area contributed by atoms with E-state index in [-0.39, 0.29) is 45.6 Å². The average molecular weight is 495 g/mol. The SMILES string of the molecule is CN(C(=O)c1ccc2c(Cl)nn(C(F)F)c2c1)[C@@H]1COCc2[nH]c(=O)c3cc(F)c(F)cc3c21. The molecule has 5 rings (SSSR count). The number of benzene rings is 2. The van der Waals surface area contributed by atoms with Crippen LogP contribution in [0.1, 0.15) is 34.2 Å². The number of ether oxygens (including phenoxy) is 1. The van der Waals surface area contributed by atoms with E-state index in [1.807, 2.05) is 0 Å². The van der Waals surface area contributed by atoms with E-state index < -0.39 is 35.7 Å². The van der Waals surface area contributed by atoms with E-state index in [1.54, 1.807) is 0 Å². The van der Waals surface area contributed by atoms with Crippen LogP contribution in [0.4, 0.5) is 17.6 Å². The number of carbonyl (C=O) groups excluding carboxylic acids is 1. The maximum Gasteiger partial charge on any atom is 0.333 e. The van der Waals surface area contributed by atoms with Crippen molar-refractivity contribution in [3.63, 3.8) is 0 Å². The lowest BCUT2D eigenvalue weighted by Gasteiger charge is -2.34. The molecule has 0 saturated heterocycles. The first kappa shape index (κ1) is 22.4. The van der Waals surface area contributed by atoms with Crippen molar-refractivity contribution in [2.45, 2.75) is 19.2 Å². The number of amides is 1. The number of likely N-dealkylation sites (N-methyl/N-ethyl adjacent to an activating group) is 1. The van der Waals surface area contributed by atoms with Crippen molar-refractivity contribution < 1.29 is 27.1 Å². The highest BCUT2D eigenvalue weighted by Crippen LogP contribution is 2.35. The zero-order chi connectivity index (χ0) is 24.3. The Labute approximate surface area is 193 Å². The first-order chi connectivity index (χ1) is 16.2. The molecule has 1 amide bonds. The molecule has 0 unspecified atom stereocenters. The second-order valence-electron chi connectivity index (χ2n) is 7.85. The second-order valence-corrected chi connectivity index (χ2v) is 8.21. The standard InChI is InChI=1S/C22H15ClF4N4O3/c1-30(21(33)9-2-3-10-16(4-9)31(22(26)27)29-19(10)23)17-8-34-7-15-18(17)11-5-13(24)14(25)6-12(11)20(32)28-15/h2-6,17,22H,7-8H2,1H3,(H,28,32)/t17-/m1/s1. The van der Waals surface area contributed by atoms with Crippen molar-refractivity contribution in [3.8, 4) is 0 Å². The van der Waals surface area contributed by atoms with Crippen LogP contribution in [0.3, 0.4) is 0 Å². The van der Waals surface area contributed by atoms with Gasteiger partial charge in [-0.1, -0.05) is 11.6 Å². The molecule has 176 valence electrons. The van der Waals surface area contributed by atoms with E-state index in [0.29, 0.717) is 15.9 Å². The summed E-state index contributed by atoms with van der Waals surface area (Å²) in [5.74, 6) is -2.86. The van der Waals surface area contributed by atoms with Crippen molar-refractivity contribution in [3.05, 3.63) is 74.3 Å². The van der Waals surface area contributed by atoms with Crippen LogP contribution in [0, 0.1) is 11.6 Å². The van der Waals surface area contributed by atoms with Crippen molar-refractivity contribution in [1.82, 2.24) is 19.7 Å². The van der Waals surface area contributed by atoms with Crippen LogP contribution in [-0.2, 0) is 11.3 Å². The smallest absolute Gasteiger partial charge is 0.333 e. The molecule has 0 aliphatic carbocycles. The van der Waals surface area contributed by atoms with Gasteiger partial charge in [-0.3, -0.25) is 9.59 Å². The van der Waals surface area contributed by atoms with Gasteiger partial charge in [-0.2, -0.15) is 13.9 Å². The highest BCUT2D eigenvalue weighted by Gasteiger charge is 2.32. The molecule has 7 nitrogen and oxygen atoms in total. The van der Waals surface area contributed by atoms with Gasteiger partial charge in [0, 0.05) is 29.3 Å². The lowest BCUT2D eigenvalue weighted by Crippen LogP contribution is -2.37. The molecule has 0 saturated carbocycles. The van der Waals surface area contributed by atoms with E-state index in [4.69, 9.17) is 16.3 Å². The van der Waals surface area contributed by atoms with Gasteiger partial charge in [0.05, 0.1) is 30.2 Å². The lowest BCUT2D eigenvalue weighted by molar-refractivity contribution is 0.0335. The number of pyridine rings is 1. The second kappa shape index (κ2) is 8.10. The van der Waals surface area contributed by atoms with Gasteiger partial charge in [0.1, 0.15) is 0 Å². The van der Waals surface area contributed by atoms with Crippen molar-refractivity contribution in [2.24, 2.45) is 0 Å². The summed E-state index contributed by atoms with van der Waals surface area (Å²) in [7, 11) is 1.46. The zero-order valence-electron chi connectivity index (χ0n) is 17.4. The van der Waals surface area contributed by atoms with Gasteiger partial charge in [0.15, 0.2) is 16.8 Å². The number of aromatic nitrogens is 3. The number of hydrogen-bond donors (Lipinski definition) is 1. The summed E-state index contributed by atoms with van der Waals surface area (Å²) in [6, 6.07) is 5.05. The number of halogens is 5. The third kappa shape index (κ3) is 3.43. The number of H-pyrrole nitrogens is 1. The maximum atomic E-state index is 14.1. The first-order valence-corrected chi connectivity index (χ1v) is 10.4. The largest absolute Gasteiger partial charge is 0.373 e. The Kier molecular flexibility index (Phi) is 5.33. The summed E-state index contributed by atoms with van der Waals surface area (Å²) in [5, 5.41) is 3.82. The Morgan fingerprint density at radius 3 is 2.62 bits per heavy atom. The van der Waals surface area contributed by atoms with Gasteiger partial charge in [-0.25, -0.2) is 13.5 Å². The minimum absolute atomic E-state index is 0.00999. The fourth-order valence-electron chi connectivity index (χ4n) is 4.27. The molecule has 1 atom stereocenters. The average Bonchev–Trinajstić information content (AvgIpc) is 3.15. The van der Waals surface area contributed by atoms with Gasteiger partial charge in [-0.15, -0.1) is 0 Å². The lowest BCUT2D eigenvalue weighted by atomic mass is 9.95. The molecule has 0 bridgehead atoms. The summed E-state index contributed by atoms with van der Waals surface area (Å²) in [6.45, 7) is -2.94. The molecule has 0 fully saturated rings. The maximum absolute atomic E-state index is 14.1. The van der Waals surface area contributed by atoms with Crippen molar-refractivity contribution in [2.75, 3.05) is 13.7 Å². The monoisotopic (exact) mass is 494 g/mol. The van der Waals surface area contributed by atoms with Crippen LogP contribution >= 0.6 is 11.6 Å². The topological polar surface area (TPSA) is 80.2 Å². The number of hydrogen-bond acceptors (Lipinski definition) is 4. The fraction of sp³-hybridized carbons (Fsp3) is 0.227. The van der Waals surface area contributed by atoms with Crippen LogP contribution in [0.5, 0.6) is 0 Å². The van der Waals surface area contributed by atoms with Crippen LogP contribution in [0.25, 0.3) is 21.7 Å². The van der Waals surface area contributed by atoms with Crippen LogP contribution in [-0.4, -0.2) is 39.2 Å². The van der Waals surface area contributed by atoms with Gasteiger partial charge >= 0.3 is 6.55 Å². The number of nitrogens with one attached hydrogen (secondary N) is 1. The Morgan fingerprint density at radius 2 is 1.91 bits per heavy atom. The minimum Gasteiger partial charge on any atom is -0.373 e. The number of aromatic amines is 1. The first-order valence-electron chi connectivity index (χ1n) is 10.0. The summed E-state index contributed by atoms with van der Waals surface area (Å²) in [6.07, 6.45) is 0. The third-order valence-corrected chi connectivity index (χ3v) is 6.20. The molecular formula is C22H15ClF4N4O3. The van der Waals surface area contributed by atoms with E-state index in [1.165, 1.54) is 30.1 Å². The molecule has 4 aromatic rings. The van der Waals surface area contributed by atoms with E-state index in [9.17, 15) is 27.2 Å². The van der Waals surface area contributed by atoms with Gasteiger partial charge in [0.25, 0.3) is 11.5 Å². The molecule has 2 aromatic carbocycles. The normalized spacial score (nSPS) is 15.8. The van der Waals surface area contributed by atoms with Crippen molar-refractivity contribution in [1.29, 1.82) is 0 Å². The molecule has 34 heavy (non-hydrogen) atoms. The van der Waals surface area contributed by atoms with E-state index in [0.717, 1.165) is 12.1 Å². The molecule has 12 heteroatoms. The molecule has 1 N–H and O–H groups in total. The molecule has 0 radical (unpaired) electrons. The zero-order valence-corrected chi connectivity index (χ0v) is 18.2. The molecule has 2 aromatic heterocycles. The predicted octanol–water partition coefficient (Wildman–Crippen LogP) is 4.55. The molecule has 0 spiro atoms. The number of nitrogens with zero attached hydrogens (tertiary/aromatic N) is 3. The van der Waals surface area contributed by atoms with Gasteiger partial charge in [-0.05, 0) is 35.7 Å². The quantitative estimate of drug-likeness (QED) is 0.424. The number of alkyl halides is 2. The van der Waals surface area contributed by atoms with Gasteiger partial charge < -0.3 is 14.6 Å². The van der Waals surface area contributed by atoms with Crippen molar-refractivity contribution >= 4 is 39.2 Å². The fourth-order valence-corrected chi connectivity index (χ4v) is 4.51. The summed E-state index contributed by atoms with van der Waals surface area (Å²) in [4.78, 5) is 29.6. The summed E-state index contributed by atoms with van der Waals surface area (Å²) < 4.78 is 60.5. The number of rotatable bonds is 3. The Hall–Kier alpha value is -3.44. The molecular weight excluding hydrogens is 480 g/mol. The molecule has 1 aliphatic rings. The Balaban J connectivity index is 1.61. The van der Waals surface area contributed by atoms with Crippen LogP contribution in [0.2, 0.25) is 5.15 Å². The van der Waals surface area contributed by atoms with Crippen LogP contribution < -0.4 is 5.56 Å². The van der Waals surface area contributed by atoms with E-state index in [2.05, 4.69) is 10.1 Å². The van der Waals surface area contributed by atoms with Gasteiger partial charge in [0.2, 0.25) is 0 Å². The summed E-state index contributed by atoms with van der Waals surface area (Å²) in [5.41, 5.74) is 0.182. The molecule has 3 heterocycles. The third-order valence-electron chi connectivity index (χ3n) is 5.92. The number of fused-ring (bicyclic) bond motifs is 4. The van der Waals surface area contributed by atoms with Crippen LogP contribution in [0.15, 0.2) is 35.1 Å². The van der Waals surface area contributed by atoms with E-state index >= 15 is 0 Å². The molecule has 1 aliphatic heterocycles. The Morgan fingerprint density at radius 1 is 1.21 bits per heavy atom.